The highest BCUT2D eigenvalue weighted by molar-refractivity contribution is 5.95. The summed E-state index contributed by atoms with van der Waals surface area (Å²) in [6, 6.07) is 0. The van der Waals surface area contributed by atoms with Crippen molar-refractivity contribution in [2.24, 2.45) is 16.6 Å². The van der Waals surface area contributed by atoms with Crippen LogP contribution in [0.5, 0.6) is 0 Å². The van der Waals surface area contributed by atoms with E-state index >= 15 is 0 Å². The molecule has 0 fully saturated rings. The molecule has 0 spiro atoms. The first kappa shape index (κ1) is 14.6. The van der Waals surface area contributed by atoms with Gasteiger partial charge < -0.3 is 11.1 Å². The number of aliphatic imine (C=N–C) groups is 1. The van der Waals surface area contributed by atoms with Crippen molar-refractivity contribution in [1.82, 2.24) is 0 Å². The summed E-state index contributed by atoms with van der Waals surface area (Å²) in [6.45, 7) is 7.74. The summed E-state index contributed by atoms with van der Waals surface area (Å²) in [5, 5.41) is 7.52. The topological polar surface area (TPSA) is 62.2 Å². The predicted molar refractivity (Wildman–Crippen MR) is 72.0 cm³/mol. The molecule has 0 aliphatic carbocycles. The van der Waals surface area contributed by atoms with Crippen LogP contribution < -0.4 is 5.73 Å². The van der Waals surface area contributed by atoms with Crippen molar-refractivity contribution in [3.05, 3.63) is 23.5 Å². The van der Waals surface area contributed by atoms with E-state index in [1.54, 1.807) is 13.1 Å². The van der Waals surface area contributed by atoms with Crippen molar-refractivity contribution in [3.63, 3.8) is 0 Å². The van der Waals surface area contributed by atoms with Gasteiger partial charge in [-0.3, -0.25) is 4.99 Å². The number of hydrogen-bond acceptors (Lipinski definition) is 3. The number of allylic oxidation sites excluding steroid dienone is 4. The Bertz CT molecular complexity index is 311. The first-order chi connectivity index (χ1) is 7.52. The number of hydrogen-bond donors (Lipinski definition) is 2. The quantitative estimate of drug-likeness (QED) is 0.524. The van der Waals surface area contributed by atoms with E-state index in [9.17, 15) is 0 Å². The van der Waals surface area contributed by atoms with Gasteiger partial charge in [-0.05, 0) is 39.5 Å². The number of nitrogens with two attached hydrogens (primary N) is 1. The van der Waals surface area contributed by atoms with Crippen LogP contribution in [0.1, 0.15) is 40.5 Å². The van der Waals surface area contributed by atoms with E-state index in [0.717, 1.165) is 18.5 Å². The molecule has 0 aromatic heterocycles. The monoisotopic (exact) mass is 221 g/mol. The molecule has 0 radical (unpaired) electrons. The smallest absolute Gasteiger partial charge is 0.0741 e. The van der Waals surface area contributed by atoms with Crippen LogP contribution in [-0.2, 0) is 0 Å². The summed E-state index contributed by atoms with van der Waals surface area (Å²) >= 11 is 0. The molecule has 0 saturated heterocycles. The van der Waals surface area contributed by atoms with Gasteiger partial charge in [0, 0.05) is 6.21 Å². The van der Waals surface area contributed by atoms with Crippen LogP contribution in [0.25, 0.3) is 0 Å². The van der Waals surface area contributed by atoms with Crippen molar-refractivity contribution in [2.45, 2.75) is 40.5 Å². The summed E-state index contributed by atoms with van der Waals surface area (Å²) in [7, 11) is 0. The molecule has 0 aliphatic rings. The first-order valence-electron chi connectivity index (χ1n) is 5.66. The lowest BCUT2D eigenvalue weighted by molar-refractivity contribution is 0.581. The highest BCUT2D eigenvalue weighted by atomic mass is 14.8. The van der Waals surface area contributed by atoms with Gasteiger partial charge in [0.15, 0.2) is 0 Å². The predicted octanol–water partition coefficient (Wildman–Crippen LogP) is 3.28. The van der Waals surface area contributed by atoms with E-state index in [0.29, 0.717) is 17.3 Å². The molecule has 0 aromatic rings. The standard InChI is InChI=1S/C13H23N3/c1-5-7-8-10(3)9-12(16-6-2)13(15)11(4)14/h5-7,10,14H,8-9,15H2,1-4H3/b7-5+,13-12+,14-11?,16-6-. The highest BCUT2D eigenvalue weighted by Crippen LogP contribution is 2.18. The van der Waals surface area contributed by atoms with Crippen molar-refractivity contribution >= 4 is 11.9 Å². The van der Waals surface area contributed by atoms with Crippen LogP contribution in [0.4, 0.5) is 0 Å². The second-order valence-electron chi connectivity index (χ2n) is 3.99. The maximum Gasteiger partial charge on any atom is 0.0741 e. The van der Waals surface area contributed by atoms with Gasteiger partial charge in [-0.1, -0.05) is 19.1 Å². The average molecular weight is 221 g/mol. The fourth-order valence-corrected chi connectivity index (χ4v) is 1.39. The summed E-state index contributed by atoms with van der Waals surface area (Å²) in [5.41, 5.74) is 7.57. The zero-order valence-corrected chi connectivity index (χ0v) is 10.7. The highest BCUT2D eigenvalue weighted by Gasteiger charge is 2.08. The molecule has 1 atom stereocenters. The van der Waals surface area contributed by atoms with Crippen LogP contribution in [0.15, 0.2) is 28.5 Å². The summed E-state index contributed by atoms with van der Waals surface area (Å²) in [6.07, 6.45) is 7.76. The van der Waals surface area contributed by atoms with Gasteiger partial charge in [-0.2, -0.15) is 0 Å². The van der Waals surface area contributed by atoms with Crippen molar-refractivity contribution in [2.75, 3.05) is 0 Å². The van der Waals surface area contributed by atoms with Crippen molar-refractivity contribution in [1.29, 1.82) is 5.41 Å². The number of nitrogens with zero attached hydrogens (tertiary/aromatic N) is 1. The van der Waals surface area contributed by atoms with Gasteiger partial charge in [-0.25, -0.2) is 0 Å². The minimum absolute atomic E-state index is 0.388. The van der Waals surface area contributed by atoms with E-state index < -0.39 is 0 Å². The molecule has 0 saturated carbocycles. The van der Waals surface area contributed by atoms with Gasteiger partial charge in [0.1, 0.15) is 0 Å². The Balaban J connectivity index is 4.70. The molecule has 90 valence electrons. The Morgan fingerprint density at radius 2 is 2.06 bits per heavy atom. The number of rotatable bonds is 6. The molecule has 3 heteroatoms. The Morgan fingerprint density at radius 3 is 2.50 bits per heavy atom. The van der Waals surface area contributed by atoms with Gasteiger partial charge >= 0.3 is 0 Å². The Labute approximate surface area is 98.7 Å². The van der Waals surface area contributed by atoms with Crippen LogP contribution in [0, 0.1) is 11.3 Å². The lowest BCUT2D eigenvalue weighted by Crippen LogP contribution is -2.11. The Kier molecular flexibility index (Phi) is 7.18. The molecule has 0 rings (SSSR count). The molecular weight excluding hydrogens is 198 g/mol. The Hall–Kier alpha value is -1.38. The largest absolute Gasteiger partial charge is 0.396 e. The van der Waals surface area contributed by atoms with Gasteiger partial charge in [0.2, 0.25) is 0 Å². The first-order valence-corrected chi connectivity index (χ1v) is 5.66. The molecule has 16 heavy (non-hydrogen) atoms. The zero-order valence-electron chi connectivity index (χ0n) is 10.7. The van der Waals surface area contributed by atoms with E-state index in [1.807, 2.05) is 19.9 Å². The second kappa shape index (κ2) is 7.85. The third-order valence-electron chi connectivity index (χ3n) is 2.32. The zero-order chi connectivity index (χ0) is 12.6. The lowest BCUT2D eigenvalue weighted by atomic mass is 10.00. The molecule has 0 amide bonds. The van der Waals surface area contributed by atoms with Crippen LogP contribution in [-0.4, -0.2) is 11.9 Å². The molecule has 0 heterocycles. The summed E-state index contributed by atoms with van der Waals surface area (Å²) < 4.78 is 0. The van der Waals surface area contributed by atoms with Crippen molar-refractivity contribution in [3.8, 4) is 0 Å². The normalized spacial score (nSPS) is 15.5. The fraction of sp³-hybridized carbons (Fsp3) is 0.538. The SMILES string of the molecule is C/C=N\C(CC(C)C/C=C/C)=C(\N)C(C)=N. The van der Waals surface area contributed by atoms with Gasteiger partial charge in [0.05, 0.1) is 17.1 Å². The van der Waals surface area contributed by atoms with Crippen LogP contribution >= 0.6 is 0 Å². The minimum atomic E-state index is 0.388. The number of nitrogens with one attached hydrogen (secondary N) is 1. The van der Waals surface area contributed by atoms with E-state index in [-0.39, 0.29) is 0 Å². The summed E-state index contributed by atoms with van der Waals surface area (Å²) in [5.74, 6) is 0.493. The van der Waals surface area contributed by atoms with Gasteiger partial charge in [0.25, 0.3) is 0 Å². The molecule has 1 unspecified atom stereocenters. The Morgan fingerprint density at radius 1 is 1.44 bits per heavy atom. The second-order valence-corrected chi connectivity index (χ2v) is 3.99. The van der Waals surface area contributed by atoms with E-state index in [4.69, 9.17) is 11.1 Å². The third-order valence-corrected chi connectivity index (χ3v) is 2.32. The molecular formula is C13H23N3. The molecule has 0 bridgehead atoms. The maximum atomic E-state index is 7.52. The van der Waals surface area contributed by atoms with E-state index in [2.05, 4.69) is 18.0 Å². The maximum absolute atomic E-state index is 7.52. The fourth-order valence-electron chi connectivity index (χ4n) is 1.39. The third kappa shape index (κ3) is 5.49. The van der Waals surface area contributed by atoms with Crippen LogP contribution in [0.3, 0.4) is 0 Å². The van der Waals surface area contributed by atoms with E-state index in [1.165, 1.54) is 0 Å². The average Bonchev–Trinajstić information content (AvgIpc) is 2.24. The molecule has 0 aliphatic heterocycles. The molecule has 3 N–H and O–H groups in total. The lowest BCUT2D eigenvalue weighted by Gasteiger charge is -2.11. The molecule has 3 nitrogen and oxygen atoms in total. The van der Waals surface area contributed by atoms with Gasteiger partial charge in [-0.15, -0.1) is 0 Å². The van der Waals surface area contributed by atoms with Crippen LogP contribution in [0.2, 0.25) is 0 Å². The summed E-state index contributed by atoms with van der Waals surface area (Å²) in [4.78, 5) is 4.26. The van der Waals surface area contributed by atoms with Crippen molar-refractivity contribution < 1.29 is 0 Å². The molecule has 0 aromatic carbocycles. The minimum Gasteiger partial charge on any atom is -0.396 e.